The van der Waals surface area contributed by atoms with E-state index in [0.717, 1.165) is 17.0 Å². The maximum Gasteiger partial charge on any atom is 0.239 e. The average Bonchev–Trinajstić information content (AvgIpc) is 2.90. The van der Waals surface area contributed by atoms with Gasteiger partial charge in [0.05, 0.1) is 25.5 Å². The van der Waals surface area contributed by atoms with Gasteiger partial charge in [-0.1, -0.05) is 6.07 Å². The van der Waals surface area contributed by atoms with Crippen molar-refractivity contribution in [2.24, 2.45) is 0 Å². The summed E-state index contributed by atoms with van der Waals surface area (Å²) >= 11 is 0. The Kier molecular flexibility index (Phi) is 3.66. The van der Waals surface area contributed by atoms with Crippen LogP contribution < -0.4 is 10.6 Å². The molecule has 2 aromatic rings. The first-order valence-electron chi connectivity index (χ1n) is 6.76. The van der Waals surface area contributed by atoms with Crippen LogP contribution >= 0.6 is 0 Å². The van der Waals surface area contributed by atoms with Crippen molar-refractivity contribution in [3.8, 4) is 0 Å². The van der Waals surface area contributed by atoms with E-state index in [1.54, 1.807) is 0 Å². The Balaban J connectivity index is 1.64. The highest BCUT2D eigenvalue weighted by Gasteiger charge is 2.20. The molecule has 1 atom stereocenters. The second-order valence-electron chi connectivity index (χ2n) is 4.93. The van der Waals surface area contributed by atoms with Crippen LogP contribution in [-0.2, 0) is 16.1 Å². The second-order valence-corrected chi connectivity index (χ2v) is 4.93. The van der Waals surface area contributed by atoms with Gasteiger partial charge in [-0.3, -0.25) is 4.79 Å². The number of carbonyl (C=O) groups excluding carboxylic acids is 1. The maximum atomic E-state index is 12.0. The SMILES string of the molecule is Cc1cccc2nc(CNC(=O)C3COCCN3)cn12. The lowest BCUT2D eigenvalue weighted by Crippen LogP contribution is -2.51. The number of imidazole rings is 1. The highest BCUT2D eigenvalue weighted by atomic mass is 16.5. The minimum absolute atomic E-state index is 0.0431. The largest absolute Gasteiger partial charge is 0.378 e. The topological polar surface area (TPSA) is 67.7 Å². The number of aryl methyl sites for hydroxylation is 1. The van der Waals surface area contributed by atoms with E-state index in [1.807, 2.05) is 35.7 Å². The Morgan fingerprint density at radius 1 is 1.60 bits per heavy atom. The van der Waals surface area contributed by atoms with Crippen LogP contribution in [0.15, 0.2) is 24.4 Å². The van der Waals surface area contributed by atoms with Gasteiger partial charge in [0.15, 0.2) is 0 Å². The predicted molar refractivity (Wildman–Crippen MR) is 74.4 cm³/mol. The van der Waals surface area contributed by atoms with Crippen LogP contribution in [0.5, 0.6) is 0 Å². The van der Waals surface area contributed by atoms with Crippen molar-refractivity contribution >= 4 is 11.6 Å². The number of rotatable bonds is 3. The summed E-state index contributed by atoms with van der Waals surface area (Å²) in [5, 5.41) is 6.02. The average molecular weight is 274 g/mol. The summed E-state index contributed by atoms with van der Waals surface area (Å²) in [6.45, 7) is 4.26. The van der Waals surface area contributed by atoms with Crippen molar-refractivity contribution in [3.63, 3.8) is 0 Å². The highest BCUT2D eigenvalue weighted by molar-refractivity contribution is 5.81. The number of pyridine rings is 1. The van der Waals surface area contributed by atoms with Crippen LogP contribution in [0.2, 0.25) is 0 Å². The molecule has 2 N–H and O–H groups in total. The zero-order chi connectivity index (χ0) is 13.9. The van der Waals surface area contributed by atoms with Crippen molar-refractivity contribution in [2.75, 3.05) is 19.8 Å². The van der Waals surface area contributed by atoms with Gasteiger partial charge in [-0.15, -0.1) is 0 Å². The fourth-order valence-corrected chi connectivity index (χ4v) is 2.32. The first-order valence-corrected chi connectivity index (χ1v) is 6.76. The number of morpholine rings is 1. The lowest BCUT2D eigenvalue weighted by Gasteiger charge is -2.22. The standard InChI is InChI=1S/C14H18N4O2/c1-10-3-2-4-13-17-11(8-18(10)13)7-16-14(19)12-9-20-6-5-15-12/h2-4,8,12,15H,5-7,9H2,1H3,(H,16,19). The number of ether oxygens (including phenoxy) is 1. The molecule has 0 bridgehead atoms. The Morgan fingerprint density at radius 3 is 3.25 bits per heavy atom. The van der Waals surface area contributed by atoms with E-state index in [1.165, 1.54) is 0 Å². The van der Waals surface area contributed by atoms with E-state index in [0.29, 0.717) is 26.3 Å². The molecule has 1 saturated heterocycles. The minimum atomic E-state index is -0.262. The quantitative estimate of drug-likeness (QED) is 0.842. The van der Waals surface area contributed by atoms with Crippen molar-refractivity contribution in [1.29, 1.82) is 0 Å². The number of fused-ring (bicyclic) bond motifs is 1. The number of aromatic nitrogens is 2. The number of carbonyl (C=O) groups is 1. The first-order chi connectivity index (χ1) is 9.74. The van der Waals surface area contributed by atoms with Crippen LogP contribution in [0.4, 0.5) is 0 Å². The zero-order valence-electron chi connectivity index (χ0n) is 11.4. The van der Waals surface area contributed by atoms with Gasteiger partial charge in [-0.05, 0) is 19.1 Å². The molecule has 1 aliphatic rings. The lowest BCUT2D eigenvalue weighted by atomic mass is 10.2. The summed E-state index contributed by atoms with van der Waals surface area (Å²) < 4.78 is 7.29. The third-order valence-corrected chi connectivity index (χ3v) is 3.43. The van der Waals surface area contributed by atoms with E-state index >= 15 is 0 Å². The number of hydrogen-bond donors (Lipinski definition) is 2. The van der Waals surface area contributed by atoms with E-state index in [4.69, 9.17) is 4.74 Å². The number of amides is 1. The molecule has 6 heteroatoms. The normalized spacial score (nSPS) is 19.1. The van der Waals surface area contributed by atoms with Gasteiger partial charge in [0, 0.05) is 18.4 Å². The Labute approximate surface area is 117 Å². The molecule has 0 aromatic carbocycles. The van der Waals surface area contributed by atoms with E-state index in [2.05, 4.69) is 15.6 Å². The fraction of sp³-hybridized carbons (Fsp3) is 0.429. The number of hydrogen-bond acceptors (Lipinski definition) is 4. The maximum absolute atomic E-state index is 12.0. The third kappa shape index (κ3) is 2.66. The molecule has 1 aliphatic heterocycles. The summed E-state index contributed by atoms with van der Waals surface area (Å²) in [4.78, 5) is 16.5. The Hall–Kier alpha value is -1.92. The Bertz CT molecular complexity index is 617. The highest BCUT2D eigenvalue weighted by Crippen LogP contribution is 2.08. The van der Waals surface area contributed by atoms with Crippen molar-refractivity contribution < 1.29 is 9.53 Å². The minimum Gasteiger partial charge on any atom is -0.378 e. The van der Waals surface area contributed by atoms with E-state index in [-0.39, 0.29) is 11.9 Å². The van der Waals surface area contributed by atoms with Crippen LogP contribution in [0.1, 0.15) is 11.4 Å². The van der Waals surface area contributed by atoms with Gasteiger partial charge >= 0.3 is 0 Å². The molecule has 0 saturated carbocycles. The Morgan fingerprint density at radius 2 is 2.50 bits per heavy atom. The van der Waals surface area contributed by atoms with Gasteiger partial charge < -0.3 is 19.8 Å². The smallest absolute Gasteiger partial charge is 0.239 e. The summed E-state index contributed by atoms with van der Waals surface area (Å²) in [5.41, 5.74) is 2.87. The predicted octanol–water partition coefficient (Wildman–Crippen LogP) is 0.247. The van der Waals surface area contributed by atoms with Gasteiger partial charge in [-0.2, -0.15) is 0 Å². The van der Waals surface area contributed by atoms with E-state index < -0.39 is 0 Å². The molecule has 6 nitrogen and oxygen atoms in total. The molecule has 20 heavy (non-hydrogen) atoms. The molecule has 3 heterocycles. The molecule has 0 spiro atoms. The monoisotopic (exact) mass is 274 g/mol. The second kappa shape index (κ2) is 5.60. The van der Waals surface area contributed by atoms with Crippen LogP contribution in [0, 0.1) is 6.92 Å². The molecule has 106 valence electrons. The lowest BCUT2D eigenvalue weighted by molar-refractivity contribution is -0.126. The van der Waals surface area contributed by atoms with Gasteiger partial charge in [0.1, 0.15) is 11.7 Å². The summed E-state index contributed by atoms with van der Waals surface area (Å²) in [5.74, 6) is -0.0431. The fourth-order valence-electron chi connectivity index (χ4n) is 2.32. The molecule has 2 aromatic heterocycles. The first kappa shape index (κ1) is 13.1. The summed E-state index contributed by atoms with van der Waals surface area (Å²) in [6.07, 6.45) is 1.95. The number of nitrogens with one attached hydrogen (secondary N) is 2. The van der Waals surface area contributed by atoms with Crippen LogP contribution in [0.25, 0.3) is 5.65 Å². The molecule has 3 rings (SSSR count). The molecular weight excluding hydrogens is 256 g/mol. The number of nitrogens with zero attached hydrogens (tertiary/aromatic N) is 2. The molecule has 0 aliphatic carbocycles. The van der Waals surface area contributed by atoms with Crippen molar-refractivity contribution in [3.05, 3.63) is 35.8 Å². The van der Waals surface area contributed by atoms with E-state index in [9.17, 15) is 4.79 Å². The van der Waals surface area contributed by atoms with Crippen molar-refractivity contribution in [2.45, 2.75) is 19.5 Å². The molecule has 0 radical (unpaired) electrons. The van der Waals surface area contributed by atoms with Gasteiger partial charge in [0.25, 0.3) is 0 Å². The molecule has 1 fully saturated rings. The van der Waals surface area contributed by atoms with Gasteiger partial charge in [0.2, 0.25) is 5.91 Å². The molecule has 1 unspecified atom stereocenters. The van der Waals surface area contributed by atoms with Crippen LogP contribution in [0.3, 0.4) is 0 Å². The van der Waals surface area contributed by atoms with Crippen molar-refractivity contribution in [1.82, 2.24) is 20.0 Å². The molecular formula is C14H18N4O2. The molecule has 1 amide bonds. The summed E-state index contributed by atoms with van der Waals surface area (Å²) in [6, 6.07) is 5.70. The zero-order valence-corrected chi connectivity index (χ0v) is 11.4. The third-order valence-electron chi connectivity index (χ3n) is 3.43. The summed E-state index contributed by atoms with van der Waals surface area (Å²) in [7, 11) is 0. The van der Waals surface area contributed by atoms with Crippen LogP contribution in [-0.4, -0.2) is 41.1 Å². The van der Waals surface area contributed by atoms with Gasteiger partial charge in [-0.25, -0.2) is 4.98 Å².